The molecule has 6 aromatic rings. The van der Waals surface area contributed by atoms with E-state index in [0.717, 1.165) is 20.8 Å². The maximum atomic E-state index is 2.83. The summed E-state index contributed by atoms with van der Waals surface area (Å²) in [4.78, 5) is 0. The third kappa shape index (κ3) is 4.58. The first-order chi connectivity index (χ1) is 16.3. The lowest BCUT2D eigenvalue weighted by molar-refractivity contribution is 0.984. The van der Waals surface area contributed by atoms with Crippen molar-refractivity contribution in [2.24, 2.45) is 0 Å². The zero-order valence-electron chi connectivity index (χ0n) is 19.2. The van der Waals surface area contributed by atoms with Gasteiger partial charge < -0.3 is 9.13 Å². The van der Waals surface area contributed by atoms with E-state index in [1.807, 2.05) is 13.8 Å². The summed E-state index contributed by atoms with van der Waals surface area (Å²) in [5.74, 6) is 0. The molecule has 0 aliphatic rings. The fourth-order valence-corrected chi connectivity index (χ4v) is 5.93. The molecular weight excluding hydrogens is 457 g/mol. The van der Waals surface area contributed by atoms with Crippen LogP contribution in [-0.2, 0) is 12.6 Å². The van der Waals surface area contributed by atoms with Crippen molar-refractivity contribution in [1.29, 1.82) is 0 Å². The van der Waals surface area contributed by atoms with Gasteiger partial charge in [-0.05, 0) is 24.3 Å². The van der Waals surface area contributed by atoms with Gasteiger partial charge in [-0.1, -0.05) is 94.9 Å². The molecule has 0 aliphatic heterocycles. The predicted molar refractivity (Wildman–Crippen MR) is 158 cm³/mol. The Labute approximate surface area is 202 Å². The topological polar surface area (TPSA) is 9.86 Å². The molecule has 5 heteroatoms. The second-order valence-corrected chi connectivity index (χ2v) is 9.78. The molecule has 0 saturated carbocycles. The van der Waals surface area contributed by atoms with Gasteiger partial charge in [-0.25, -0.2) is 0 Å². The highest BCUT2D eigenvalue weighted by Crippen LogP contribution is 2.33. The Bertz CT molecular complexity index is 1390. The van der Waals surface area contributed by atoms with Crippen LogP contribution in [0.3, 0.4) is 0 Å². The van der Waals surface area contributed by atoms with E-state index in [0.29, 0.717) is 0 Å². The maximum Gasteiger partial charge on any atom is 0.0494 e. The molecule has 3 atom stereocenters. The summed E-state index contributed by atoms with van der Waals surface area (Å²) in [6, 6.07) is 34.4. The van der Waals surface area contributed by atoms with Gasteiger partial charge >= 0.3 is 0 Å². The number of nitrogens with zero attached hydrogens (tertiary/aromatic N) is 2. The van der Waals surface area contributed by atoms with Gasteiger partial charge in [0.05, 0.1) is 0 Å². The van der Waals surface area contributed by atoms with Gasteiger partial charge in [0.2, 0.25) is 0 Å². The second-order valence-electron chi connectivity index (χ2n) is 7.47. The fraction of sp³-hybridized carbons (Fsp3) is 0.143. The van der Waals surface area contributed by atoms with E-state index in [4.69, 9.17) is 0 Å². The van der Waals surface area contributed by atoms with E-state index in [2.05, 4.69) is 124 Å². The SMILES string of the molecule is CC.PCn1c2ccccc2c2ccccc21.PPCn1c2ccccc2c2ccccc21. The van der Waals surface area contributed by atoms with E-state index in [1.54, 1.807) is 0 Å². The van der Waals surface area contributed by atoms with E-state index in [-0.39, 0.29) is 0 Å². The molecule has 2 heterocycles. The van der Waals surface area contributed by atoms with Gasteiger partial charge in [0.1, 0.15) is 0 Å². The summed E-state index contributed by atoms with van der Waals surface area (Å²) in [6.45, 7) is 4.00. The highest BCUT2D eigenvalue weighted by Gasteiger charge is 2.08. The molecule has 6 rings (SSSR count). The highest BCUT2D eigenvalue weighted by molar-refractivity contribution is 8.02. The van der Waals surface area contributed by atoms with Crippen molar-refractivity contribution in [3.63, 3.8) is 0 Å². The molecule has 0 spiro atoms. The lowest BCUT2D eigenvalue weighted by Gasteiger charge is -2.04. The second kappa shape index (κ2) is 11.3. The molecule has 168 valence electrons. The Morgan fingerprint density at radius 3 is 1.15 bits per heavy atom. The van der Waals surface area contributed by atoms with Crippen molar-refractivity contribution >= 4 is 70.0 Å². The minimum absolute atomic E-state index is 0.858. The molecule has 2 aromatic heterocycles. The van der Waals surface area contributed by atoms with Crippen LogP contribution in [0.1, 0.15) is 13.8 Å². The van der Waals surface area contributed by atoms with Crippen molar-refractivity contribution in [1.82, 2.24) is 9.13 Å². The molecular formula is C28H31N2P3. The summed E-state index contributed by atoms with van der Waals surface area (Å²) in [5.41, 5.74) is 5.32. The van der Waals surface area contributed by atoms with Gasteiger partial charge in [0, 0.05) is 56.2 Å². The first kappa shape index (κ1) is 23.9. The number of para-hydroxylation sites is 4. The molecule has 0 N–H and O–H groups in total. The number of benzene rings is 4. The lowest BCUT2D eigenvalue weighted by Crippen LogP contribution is -1.90. The highest BCUT2D eigenvalue weighted by atomic mass is 32.0. The van der Waals surface area contributed by atoms with Gasteiger partial charge in [0.15, 0.2) is 0 Å². The molecule has 0 saturated heterocycles. The molecule has 0 fully saturated rings. The van der Waals surface area contributed by atoms with Gasteiger partial charge in [-0.3, -0.25) is 0 Å². The van der Waals surface area contributed by atoms with E-state index < -0.39 is 0 Å². The van der Waals surface area contributed by atoms with Gasteiger partial charge in [-0.2, -0.15) is 0 Å². The van der Waals surface area contributed by atoms with Crippen LogP contribution >= 0.6 is 26.4 Å². The molecule has 0 radical (unpaired) electrons. The molecule has 3 unspecified atom stereocenters. The quantitative estimate of drug-likeness (QED) is 0.220. The minimum atomic E-state index is 0.858. The number of fused-ring (bicyclic) bond motifs is 6. The average molecular weight is 488 g/mol. The summed E-state index contributed by atoms with van der Waals surface area (Å²) in [5, 5.41) is 5.41. The van der Waals surface area contributed by atoms with Crippen LogP contribution in [-0.4, -0.2) is 9.13 Å². The standard InChI is InChI=1S/C13H13NP2.C13H12NP.C2H6/c15-16-9-14-12-7-3-1-5-10(12)11-6-2-4-8-13(11)14;15-9-14-12-7-3-1-5-10(12)11-6-2-4-8-13(11)14;1-2/h1-8,16H,9,15H2;1-8H,9,15H2;1-2H3. The zero-order chi connectivity index (χ0) is 23.2. The van der Waals surface area contributed by atoms with Crippen LogP contribution in [0.5, 0.6) is 0 Å². The smallest absolute Gasteiger partial charge is 0.0494 e. The number of aromatic nitrogens is 2. The Morgan fingerprint density at radius 1 is 0.545 bits per heavy atom. The third-order valence-electron chi connectivity index (χ3n) is 5.79. The molecule has 2 nitrogen and oxygen atoms in total. The minimum Gasteiger partial charge on any atom is -0.337 e. The van der Waals surface area contributed by atoms with Crippen LogP contribution in [0, 0.1) is 0 Å². The summed E-state index contributed by atoms with van der Waals surface area (Å²) >= 11 is 0. The van der Waals surface area contributed by atoms with Crippen LogP contribution in [0.25, 0.3) is 43.6 Å². The van der Waals surface area contributed by atoms with Crippen molar-refractivity contribution in [3.8, 4) is 0 Å². The van der Waals surface area contributed by atoms with Crippen molar-refractivity contribution < 1.29 is 0 Å². The fourth-order valence-electron chi connectivity index (χ4n) is 4.46. The lowest BCUT2D eigenvalue weighted by atomic mass is 10.2. The first-order valence-corrected chi connectivity index (χ1v) is 15.2. The van der Waals surface area contributed by atoms with E-state index >= 15 is 0 Å². The van der Waals surface area contributed by atoms with Crippen molar-refractivity contribution in [3.05, 3.63) is 97.1 Å². The van der Waals surface area contributed by atoms with Crippen molar-refractivity contribution in [2.75, 3.05) is 0 Å². The van der Waals surface area contributed by atoms with Crippen LogP contribution < -0.4 is 0 Å². The Kier molecular flexibility index (Phi) is 8.16. The first-order valence-electron chi connectivity index (χ1n) is 11.4. The number of rotatable bonds is 3. The van der Waals surface area contributed by atoms with Crippen LogP contribution in [0.15, 0.2) is 97.1 Å². The monoisotopic (exact) mass is 488 g/mol. The number of hydrogen-bond acceptors (Lipinski definition) is 0. The zero-order valence-corrected chi connectivity index (χ0v) is 22.5. The van der Waals surface area contributed by atoms with E-state index in [9.17, 15) is 0 Å². The van der Waals surface area contributed by atoms with Crippen LogP contribution in [0.4, 0.5) is 0 Å². The molecule has 33 heavy (non-hydrogen) atoms. The average Bonchev–Trinajstić information content (AvgIpc) is 3.39. The van der Waals surface area contributed by atoms with Crippen molar-refractivity contribution in [2.45, 2.75) is 26.4 Å². The Balaban J connectivity index is 0.000000147. The molecule has 0 aliphatic carbocycles. The Hall–Kier alpha value is -2.23. The third-order valence-corrected chi connectivity index (χ3v) is 7.20. The maximum absolute atomic E-state index is 2.83. The molecule has 4 aromatic carbocycles. The summed E-state index contributed by atoms with van der Waals surface area (Å²) in [7, 11) is 6.48. The molecule has 0 bridgehead atoms. The normalized spacial score (nSPS) is 11.2. The summed E-state index contributed by atoms with van der Waals surface area (Å²) < 4.78 is 4.74. The Morgan fingerprint density at radius 2 is 0.848 bits per heavy atom. The summed E-state index contributed by atoms with van der Waals surface area (Å²) in [6.07, 6.45) is 2.02. The van der Waals surface area contributed by atoms with Gasteiger partial charge in [0.25, 0.3) is 0 Å². The largest absolute Gasteiger partial charge is 0.337 e. The van der Waals surface area contributed by atoms with E-state index in [1.165, 1.54) is 43.6 Å². The van der Waals surface area contributed by atoms with Gasteiger partial charge in [-0.15, -0.1) is 18.2 Å². The van der Waals surface area contributed by atoms with Crippen LogP contribution in [0.2, 0.25) is 0 Å². The predicted octanol–water partition coefficient (Wildman–Crippen LogP) is 8.87. The molecule has 0 amide bonds. The number of hydrogen-bond donors (Lipinski definition) is 0.